The molecule has 2 rings (SSSR count). The Morgan fingerprint density at radius 3 is 2.46 bits per heavy atom. The van der Waals surface area contributed by atoms with E-state index >= 15 is 0 Å². The number of ether oxygens (including phenoxy) is 1. The summed E-state index contributed by atoms with van der Waals surface area (Å²) in [6.07, 6.45) is -1.74. The Bertz CT molecular complexity index is 720. The standard InChI is InChI=1S/C18H20N2O6/c21-15(16(22)13-6-7-14(17(23)24)20-10-13)8-9-19-18(25)26-11-12-4-2-1-3-5-12/h1-7,10,15-16,21-22H,8-9,11H2,(H,19,25)(H,23,24). The summed E-state index contributed by atoms with van der Waals surface area (Å²) in [5, 5.41) is 31.3. The number of carboxylic acids is 1. The number of amides is 1. The molecule has 0 bridgehead atoms. The molecule has 8 nitrogen and oxygen atoms in total. The number of aromatic carboxylic acids is 1. The molecule has 138 valence electrons. The number of carbonyl (C=O) groups is 2. The van der Waals surface area contributed by atoms with Crippen molar-refractivity contribution >= 4 is 12.1 Å². The summed E-state index contributed by atoms with van der Waals surface area (Å²) in [6, 6.07) is 11.8. The van der Waals surface area contributed by atoms with Crippen molar-refractivity contribution in [2.45, 2.75) is 25.2 Å². The first-order chi connectivity index (χ1) is 12.5. The van der Waals surface area contributed by atoms with E-state index in [9.17, 15) is 19.8 Å². The first-order valence-electron chi connectivity index (χ1n) is 7.97. The second-order valence-corrected chi connectivity index (χ2v) is 5.57. The predicted octanol–water partition coefficient (Wildman–Crippen LogP) is 1.49. The van der Waals surface area contributed by atoms with Gasteiger partial charge in [0.25, 0.3) is 0 Å². The summed E-state index contributed by atoms with van der Waals surface area (Å²) in [5.41, 5.74) is 0.989. The molecule has 2 aromatic rings. The number of hydrogen-bond acceptors (Lipinski definition) is 6. The van der Waals surface area contributed by atoms with Crippen molar-refractivity contribution in [1.82, 2.24) is 10.3 Å². The molecule has 0 aliphatic carbocycles. The molecule has 1 amide bonds. The van der Waals surface area contributed by atoms with Gasteiger partial charge in [-0.25, -0.2) is 14.6 Å². The highest BCUT2D eigenvalue weighted by molar-refractivity contribution is 5.85. The Hall–Kier alpha value is -2.97. The van der Waals surface area contributed by atoms with Crippen LogP contribution in [0.1, 0.15) is 34.1 Å². The molecule has 0 aliphatic heterocycles. The number of aliphatic hydroxyl groups is 2. The Labute approximate surface area is 150 Å². The van der Waals surface area contributed by atoms with Crippen LogP contribution in [-0.2, 0) is 11.3 Å². The van der Waals surface area contributed by atoms with E-state index in [-0.39, 0.29) is 30.8 Å². The number of hydrogen-bond donors (Lipinski definition) is 4. The highest BCUT2D eigenvalue weighted by Gasteiger charge is 2.19. The van der Waals surface area contributed by atoms with E-state index in [1.54, 1.807) is 0 Å². The van der Waals surface area contributed by atoms with Crippen molar-refractivity contribution in [3.63, 3.8) is 0 Å². The Morgan fingerprint density at radius 1 is 1.12 bits per heavy atom. The van der Waals surface area contributed by atoms with E-state index in [0.717, 1.165) is 5.56 Å². The fourth-order valence-corrected chi connectivity index (χ4v) is 2.18. The maximum Gasteiger partial charge on any atom is 0.407 e. The zero-order chi connectivity index (χ0) is 18.9. The van der Waals surface area contributed by atoms with Crippen molar-refractivity contribution < 1.29 is 29.6 Å². The average Bonchev–Trinajstić information content (AvgIpc) is 2.66. The van der Waals surface area contributed by atoms with E-state index in [1.165, 1.54) is 18.3 Å². The van der Waals surface area contributed by atoms with Crippen LogP contribution in [0.2, 0.25) is 0 Å². The molecular formula is C18H20N2O6. The maximum atomic E-state index is 11.6. The number of nitrogens with one attached hydrogen (secondary N) is 1. The van der Waals surface area contributed by atoms with Crippen LogP contribution in [-0.4, -0.2) is 45.0 Å². The number of nitrogens with zero attached hydrogens (tertiary/aromatic N) is 1. The molecule has 0 spiro atoms. The molecule has 2 unspecified atom stereocenters. The van der Waals surface area contributed by atoms with Crippen molar-refractivity contribution in [2.75, 3.05) is 6.54 Å². The lowest BCUT2D eigenvalue weighted by molar-refractivity contribution is 0.0134. The van der Waals surface area contributed by atoms with Crippen LogP contribution in [0.15, 0.2) is 48.7 Å². The average molecular weight is 360 g/mol. The summed E-state index contributed by atoms with van der Waals surface area (Å²) in [7, 11) is 0. The second kappa shape index (κ2) is 9.50. The molecule has 0 saturated heterocycles. The Kier molecular flexibility index (Phi) is 7.07. The van der Waals surface area contributed by atoms with Crippen LogP contribution in [0.5, 0.6) is 0 Å². The lowest BCUT2D eigenvalue weighted by atomic mass is 10.0. The van der Waals surface area contributed by atoms with Crippen molar-refractivity contribution in [1.29, 1.82) is 0 Å². The van der Waals surface area contributed by atoms with Crippen molar-refractivity contribution in [3.8, 4) is 0 Å². The highest BCUT2D eigenvalue weighted by Crippen LogP contribution is 2.18. The fraction of sp³-hybridized carbons (Fsp3) is 0.278. The third-order valence-corrected chi connectivity index (χ3v) is 3.63. The molecule has 1 aromatic heterocycles. The Morgan fingerprint density at radius 2 is 1.85 bits per heavy atom. The minimum Gasteiger partial charge on any atom is -0.477 e. The SMILES string of the molecule is O=C(NCCC(O)C(O)c1ccc(C(=O)O)nc1)OCc1ccccc1. The number of rotatable bonds is 8. The Balaban J connectivity index is 1.72. The quantitative estimate of drug-likeness (QED) is 0.561. The van der Waals surface area contributed by atoms with Gasteiger partial charge in [0.2, 0.25) is 0 Å². The molecule has 2 atom stereocenters. The molecule has 0 radical (unpaired) electrons. The van der Waals surface area contributed by atoms with Crippen LogP contribution >= 0.6 is 0 Å². The zero-order valence-corrected chi connectivity index (χ0v) is 13.9. The van der Waals surface area contributed by atoms with Gasteiger partial charge >= 0.3 is 12.1 Å². The van der Waals surface area contributed by atoms with E-state index < -0.39 is 24.3 Å². The van der Waals surface area contributed by atoms with Crippen LogP contribution in [0.4, 0.5) is 4.79 Å². The smallest absolute Gasteiger partial charge is 0.407 e. The molecule has 0 aliphatic rings. The largest absolute Gasteiger partial charge is 0.477 e. The van der Waals surface area contributed by atoms with Crippen molar-refractivity contribution in [3.05, 3.63) is 65.5 Å². The molecule has 8 heteroatoms. The number of benzene rings is 1. The minimum absolute atomic E-state index is 0.0856. The first-order valence-corrected chi connectivity index (χ1v) is 7.97. The van der Waals surface area contributed by atoms with Gasteiger partial charge in [0.1, 0.15) is 18.4 Å². The van der Waals surface area contributed by atoms with Crippen LogP contribution < -0.4 is 5.32 Å². The third kappa shape index (κ3) is 5.83. The van der Waals surface area contributed by atoms with E-state index in [4.69, 9.17) is 9.84 Å². The molecular weight excluding hydrogens is 340 g/mol. The van der Waals surface area contributed by atoms with Crippen LogP contribution in [0.25, 0.3) is 0 Å². The van der Waals surface area contributed by atoms with Crippen molar-refractivity contribution in [2.24, 2.45) is 0 Å². The number of carbonyl (C=O) groups excluding carboxylic acids is 1. The summed E-state index contributed by atoms with van der Waals surface area (Å²) >= 11 is 0. The van der Waals surface area contributed by atoms with Crippen LogP contribution in [0.3, 0.4) is 0 Å². The van der Waals surface area contributed by atoms with Gasteiger partial charge in [-0.1, -0.05) is 36.4 Å². The summed E-state index contributed by atoms with van der Waals surface area (Å²) < 4.78 is 5.03. The molecule has 26 heavy (non-hydrogen) atoms. The van der Waals surface area contributed by atoms with E-state index in [0.29, 0.717) is 0 Å². The van der Waals surface area contributed by atoms with Gasteiger partial charge in [-0.2, -0.15) is 0 Å². The minimum atomic E-state index is -1.24. The second-order valence-electron chi connectivity index (χ2n) is 5.57. The number of alkyl carbamates (subject to hydrolysis) is 1. The molecule has 4 N–H and O–H groups in total. The molecule has 0 saturated carbocycles. The van der Waals surface area contributed by atoms with Gasteiger partial charge in [0.05, 0.1) is 6.10 Å². The fourth-order valence-electron chi connectivity index (χ4n) is 2.18. The van der Waals surface area contributed by atoms with Gasteiger partial charge < -0.3 is 25.4 Å². The normalized spacial score (nSPS) is 12.8. The van der Waals surface area contributed by atoms with Gasteiger partial charge in [-0.3, -0.25) is 0 Å². The third-order valence-electron chi connectivity index (χ3n) is 3.63. The van der Waals surface area contributed by atoms with Gasteiger partial charge in [-0.05, 0) is 18.1 Å². The van der Waals surface area contributed by atoms with Gasteiger partial charge in [0, 0.05) is 18.3 Å². The zero-order valence-electron chi connectivity index (χ0n) is 13.9. The lowest BCUT2D eigenvalue weighted by Crippen LogP contribution is -2.29. The van der Waals surface area contributed by atoms with E-state index in [1.807, 2.05) is 30.3 Å². The highest BCUT2D eigenvalue weighted by atomic mass is 16.5. The number of aliphatic hydroxyl groups excluding tert-OH is 2. The predicted molar refractivity (Wildman–Crippen MR) is 91.4 cm³/mol. The summed E-state index contributed by atoms with van der Waals surface area (Å²) in [5.74, 6) is -1.18. The summed E-state index contributed by atoms with van der Waals surface area (Å²) in [6.45, 7) is 0.242. The van der Waals surface area contributed by atoms with Crippen LogP contribution in [0, 0.1) is 0 Å². The molecule has 1 aromatic carbocycles. The van der Waals surface area contributed by atoms with E-state index in [2.05, 4.69) is 10.3 Å². The summed E-state index contributed by atoms with van der Waals surface area (Å²) in [4.78, 5) is 26.0. The topological polar surface area (TPSA) is 129 Å². The monoisotopic (exact) mass is 360 g/mol. The number of carboxylic acid groups (broad SMARTS) is 1. The first kappa shape index (κ1) is 19.4. The van der Waals surface area contributed by atoms with Gasteiger partial charge in [-0.15, -0.1) is 0 Å². The number of pyridine rings is 1. The van der Waals surface area contributed by atoms with Gasteiger partial charge in [0.15, 0.2) is 0 Å². The molecule has 1 heterocycles. The molecule has 0 fully saturated rings. The lowest BCUT2D eigenvalue weighted by Gasteiger charge is -2.18. The maximum absolute atomic E-state index is 11.6. The number of aromatic nitrogens is 1.